The fourth-order valence-electron chi connectivity index (χ4n) is 3.79. The molecule has 2 N–H and O–H groups in total. The van der Waals surface area contributed by atoms with Crippen LogP contribution in [0.25, 0.3) is 0 Å². The predicted molar refractivity (Wildman–Crippen MR) is 116 cm³/mol. The number of piperidine rings is 1. The summed E-state index contributed by atoms with van der Waals surface area (Å²) in [5.74, 6) is -1.29. The Bertz CT molecular complexity index is 1180. The van der Waals surface area contributed by atoms with Gasteiger partial charge in [-0.25, -0.2) is 12.8 Å². The molecule has 0 bridgehead atoms. The third-order valence-electron chi connectivity index (χ3n) is 5.71. The van der Waals surface area contributed by atoms with Gasteiger partial charge in [-0.1, -0.05) is 6.07 Å². The Hall–Kier alpha value is -2.98. The highest BCUT2D eigenvalue weighted by molar-refractivity contribution is 7.89. The Morgan fingerprint density at radius 2 is 2.03 bits per heavy atom. The molecule has 2 aromatic carbocycles. The van der Waals surface area contributed by atoms with Gasteiger partial charge >= 0.3 is 0 Å². The number of benzene rings is 2. The van der Waals surface area contributed by atoms with E-state index < -0.39 is 27.9 Å². The summed E-state index contributed by atoms with van der Waals surface area (Å²) in [6, 6.07) is 8.73. The van der Waals surface area contributed by atoms with Crippen molar-refractivity contribution in [3.05, 3.63) is 47.8 Å². The van der Waals surface area contributed by atoms with Gasteiger partial charge in [0.2, 0.25) is 15.9 Å². The maximum absolute atomic E-state index is 13.8. The van der Waals surface area contributed by atoms with Crippen LogP contribution >= 0.6 is 0 Å². The van der Waals surface area contributed by atoms with Crippen LogP contribution in [0.15, 0.2) is 41.3 Å². The lowest BCUT2D eigenvalue weighted by atomic mass is 9.98. The van der Waals surface area contributed by atoms with Gasteiger partial charge in [-0.2, -0.15) is 4.31 Å². The molecule has 0 radical (unpaired) electrons. The highest BCUT2D eigenvalue weighted by Gasteiger charge is 2.34. The summed E-state index contributed by atoms with van der Waals surface area (Å²) in [5, 5.41) is 5.32. The number of rotatable bonds is 4. The first-order chi connectivity index (χ1) is 15.1. The molecule has 1 saturated heterocycles. The van der Waals surface area contributed by atoms with Crippen molar-refractivity contribution in [2.45, 2.75) is 37.7 Å². The van der Waals surface area contributed by atoms with Crippen LogP contribution < -0.4 is 15.4 Å². The van der Waals surface area contributed by atoms with Crippen molar-refractivity contribution in [2.24, 2.45) is 5.92 Å². The Balaban J connectivity index is 1.50. The summed E-state index contributed by atoms with van der Waals surface area (Å²) in [4.78, 5) is 24.6. The molecule has 2 heterocycles. The Morgan fingerprint density at radius 3 is 2.78 bits per heavy atom. The number of nitrogens with one attached hydrogen (secondary N) is 2. The van der Waals surface area contributed by atoms with Gasteiger partial charge in [0.05, 0.1) is 16.5 Å². The van der Waals surface area contributed by atoms with Crippen molar-refractivity contribution in [3.63, 3.8) is 0 Å². The second kappa shape index (κ2) is 8.51. The molecule has 4 rings (SSSR count). The van der Waals surface area contributed by atoms with Gasteiger partial charge < -0.3 is 15.4 Å². The molecular formula is C22H24FN3O5S. The van der Waals surface area contributed by atoms with Crippen LogP contribution in [0.5, 0.6) is 5.75 Å². The Morgan fingerprint density at radius 1 is 1.25 bits per heavy atom. The highest BCUT2D eigenvalue weighted by Crippen LogP contribution is 2.33. The van der Waals surface area contributed by atoms with Crippen LogP contribution in [0.1, 0.15) is 25.3 Å². The number of carbonyl (C=O) groups excluding carboxylic acids is 2. The van der Waals surface area contributed by atoms with Gasteiger partial charge in [0.1, 0.15) is 11.6 Å². The first-order valence-electron chi connectivity index (χ1n) is 10.3. The lowest BCUT2D eigenvalue weighted by molar-refractivity contribution is -0.123. The maximum atomic E-state index is 13.8. The number of ether oxygens (including phenoxy) is 1. The minimum Gasteiger partial charge on any atom is -0.479 e. The van der Waals surface area contributed by atoms with E-state index >= 15 is 0 Å². The number of fused-ring (bicyclic) bond motifs is 1. The van der Waals surface area contributed by atoms with Gasteiger partial charge in [-0.3, -0.25) is 9.59 Å². The largest absolute Gasteiger partial charge is 0.479 e. The van der Waals surface area contributed by atoms with E-state index in [-0.39, 0.29) is 29.8 Å². The summed E-state index contributed by atoms with van der Waals surface area (Å²) in [6.07, 6.45) is 0.383. The van der Waals surface area contributed by atoms with Crippen LogP contribution in [0.2, 0.25) is 0 Å². The monoisotopic (exact) mass is 461 g/mol. The van der Waals surface area contributed by atoms with Crippen LogP contribution in [-0.4, -0.2) is 43.7 Å². The number of hydrogen-bond acceptors (Lipinski definition) is 5. The molecule has 0 spiro atoms. The van der Waals surface area contributed by atoms with Gasteiger partial charge in [0, 0.05) is 18.8 Å². The van der Waals surface area contributed by atoms with Crippen molar-refractivity contribution in [3.8, 4) is 5.75 Å². The van der Waals surface area contributed by atoms with Crippen molar-refractivity contribution in [1.29, 1.82) is 0 Å². The number of halogens is 1. The number of anilines is 2. The summed E-state index contributed by atoms with van der Waals surface area (Å²) >= 11 is 0. The zero-order chi connectivity index (χ0) is 23.0. The van der Waals surface area contributed by atoms with Crippen LogP contribution in [0.4, 0.5) is 15.8 Å². The maximum Gasteiger partial charge on any atom is 0.265 e. The van der Waals surface area contributed by atoms with E-state index in [1.807, 2.05) is 0 Å². The van der Waals surface area contributed by atoms with E-state index in [1.165, 1.54) is 28.6 Å². The standard InChI is InChI=1S/C22H24FN3O5S/c1-13-5-6-16(10-18(13)23)24-22(28)15-4-3-9-26(12-15)32(29,30)17-7-8-20-19(11-17)25-21(27)14(2)31-20/h5-8,10-11,14-15H,3-4,9,12H2,1-2H3,(H,24,28)(H,25,27)/t14-,15-/m1/s1. The minimum absolute atomic E-state index is 0.0105. The third kappa shape index (κ3) is 4.33. The fraction of sp³-hybridized carbons (Fsp3) is 0.364. The molecule has 0 unspecified atom stereocenters. The van der Waals surface area contributed by atoms with E-state index in [0.29, 0.717) is 35.5 Å². The zero-order valence-electron chi connectivity index (χ0n) is 17.7. The highest BCUT2D eigenvalue weighted by atomic mass is 32.2. The van der Waals surface area contributed by atoms with Gasteiger partial charge in [-0.15, -0.1) is 0 Å². The first kappa shape index (κ1) is 22.2. The minimum atomic E-state index is -3.89. The lowest BCUT2D eigenvalue weighted by Crippen LogP contribution is -2.43. The number of sulfonamides is 1. The Labute approximate surface area is 185 Å². The molecule has 2 amide bonds. The molecule has 32 heavy (non-hydrogen) atoms. The van der Waals surface area contributed by atoms with E-state index in [0.717, 1.165) is 0 Å². The summed E-state index contributed by atoms with van der Waals surface area (Å²) in [6.45, 7) is 3.53. The predicted octanol–water partition coefficient (Wildman–Crippen LogP) is 2.89. The molecule has 10 heteroatoms. The molecular weight excluding hydrogens is 437 g/mol. The topological polar surface area (TPSA) is 105 Å². The molecule has 1 fully saturated rings. The van der Waals surface area contributed by atoms with E-state index in [2.05, 4.69) is 10.6 Å². The summed E-state index contributed by atoms with van der Waals surface area (Å²) < 4.78 is 47.0. The first-order valence-corrected chi connectivity index (χ1v) is 11.8. The quantitative estimate of drug-likeness (QED) is 0.729. The van der Waals surface area contributed by atoms with Crippen molar-refractivity contribution in [1.82, 2.24) is 4.31 Å². The average molecular weight is 462 g/mol. The Kier molecular flexibility index (Phi) is 5.91. The molecule has 2 aliphatic rings. The summed E-state index contributed by atoms with van der Waals surface area (Å²) in [5.41, 5.74) is 1.10. The van der Waals surface area contributed by atoms with Crippen molar-refractivity contribution < 1.29 is 27.1 Å². The molecule has 2 aromatic rings. The SMILES string of the molecule is Cc1ccc(NC(=O)[C@@H]2CCCN(S(=O)(=O)c3ccc4c(c3)NC(=O)[C@@H](C)O4)C2)cc1F. The van der Waals surface area contributed by atoms with E-state index in [4.69, 9.17) is 4.74 Å². The fourth-order valence-corrected chi connectivity index (χ4v) is 5.34. The van der Waals surface area contributed by atoms with Gasteiger partial charge in [0.25, 0.3) is 5.91 Å². The van der Waals surface area contributed by atoms with Crippen molar-refractivity contribution >= 4 is 33.2 Å². The van der Waals surface area contributed by atoms with E-state index in [1.54, 1.807) is 26.0 Å². The molecule has 8 nitrogen and oxygen atoms in total. The van der Waals surface area contributed by atoms with Crippen molar-refractivity contribution in [2.75, 3.05) is 23.7 Å². The molecule has 2 atom stereocenters. The molecule has 170 valence electrons. The average Bonchev–Trinajstić information content (AvgIpc) is 2.77. The molecule has 0 aliphatic carbocycles. The number of nitrogens with zero attached hydrogens (tertiary/aromatic N) is 1. The van der Waals surface area contributed by atoms with Gasteiger partial charge in [-0.05, 0) is 62.6 Å². The number of aryl methyl sites for hydroxylation is 1. The van der Waals surface area contributed by atoms with Crippen LogP contribution in [0, 0.1) is 18.7 Å². The number of carbonyl (C=O) groups is 2. The van der Waals surface area contributed by atoms with Crippen LogP contribution in [-0.2, 0) is 19.6 Å². The second-order valence-electron chi connectivity index (χ2n) is 8.06. The number of hydrogen-bond donors (Lipinski definition) is 2. The van der Waals surface area contributed by atoms with E-state index in [9.17, 15) is 22.4 Å². The number of amides is 2. The normalized spacial score (nSPS) is 21.3. The lowest BCUT2D eigenvalue weighted by Gasteiger charge is -2.31. The zero-order valence-corrected chi connectivity index (χ0v) is 18.5. The molecule has 0 saturated carbocycles. The molecule has 2 aliphatic heterocycles. The second-order valence-corrected chi connectivity index (χ2v) is 10.0. The smallest absolute Gasteiger partial charge is 0.265 e. The summed E-state index contributed by atoms with van der Waals surface area (Å²) in [7, 11) is -3.89. The van der Waals surface area contributed by atoms with Gasteiger partial charge in [0.15, 0.2) is 6.10 Å². The molecule has 0 aromatic heterocycles. The third-order valence-corrected chi connectivity index (χ3v) is 7.58. The van der Waals surface area contributed by atoms with Crippen LogP contribution in [0.3, 0.4) is 0 Å².